The Kier molecular flexibility index (Phi) is 4.56. The molecular formula is C21H24N2O4. The highest BCUT2D eigenvalue weighted by molar-refractivity contribution is 5.88. The molecule has 1 aliphatic heterocycles. The fourth-order valence-corrected chi connectivity index (χ4v) is 4.36. The third kappa shape index (κ3) is 3.06. The smallest absolute Gasteiger partial charge is 0.306 e. The van der Waals surface area contributed by atoms with Crippen molar-refractivity contribution in [2.24, 2.45) is 5.92 Å². The van der Waals surface area contributed by atoms with E-state index in [-0.39, 0.29) is 5.92 Å². The molecule has 1 aliphatic carbocycles. The number of nitriles is 1. The minimum atomic E-state index is -0.762. The summed E-state index contributed by atoms with van der Waals surface area (Å²) in [7, 11) is 1.62. The van der Waals surface area contributed by atoms with E-state index in [1.165, 1.54) is 6.42 Å². The summed E-state index contributed by atoms with van der Waals surface area (Å²) in [5.74, 6) is 0.423. The fourth-order valence-electron chi connectivity index (χ4n) is 4.36. The molecule has 2 aromatic rings. The Hall–Kier alpha value is -2.52. The van der Waals surface area contributed by atoms with Crippen molar-refractivity contribution in [3.63, 3.8) is 0 Å². The lowest BCUT2D eigenvalue weighted by molar-refractivity contribution is -0.143. The van der Waals surface area contributed by atoms with E-state index in [9.17, 15) is 15.2 Å². The van der Waals surface area contributed by atoms with E-state index >= 15 is 0 Å². The van der Waals surface area contributed by atoms with Crippen LogP contribution in [0.15, 0.2) is 22.6 Å². The summed E-state index contributed by atoms with van der Waals surface area (Å²) >= 11 is 0. The first-order chi connectivity index (χ1) is 13.1. The van der Waals surface area contributed by atoms with Gasteiger partial charge in [-0.25, -0.2) is 0 Å². The molecule has 142 valence electrons. The lowest BCUT2D eigenvalue weighted by Crippen LogP contribution is -2.36. The van der Waals surface area contributed by atoms with Gasteiger partial charge in [-0.3, -0.25) is 9.69 Å². The zero-order valence-electron chi connectivity index (χ0n) is 15.5. The van der Waals surface area contributed by atoms with Crippen LogP contribution < -0.4 is 4.74 Å². The molecule has 1 aromatic carbocycles. The van der Waals surface area contributed by atoms with Crippen molar-refractivity contribution in [1.82, 2.24) is 4.90 Å². The van der Waals surface area contributed by atoms with Crippen LogP contribution in [0.5, 0.6) is 5.75 Å². The second-order valence-corrected chi connectivity index (χ2v) is 7.71. The molecule has 0 amide bonds. The number of fused-ring (bicyclic) bond motifs is 1. The van der Waals surface area contributed by atoms with Crippen molar-refractivity contribution in [1.29, 1.82) is 5.26 Å². The van der Waals surface area contributed by atoms with E-state index in [1.807, 2.05) is 18.2 Å². The molecule has 2 fully saturated rings. The van der Waals surface area contributed by atoms with E-state index in [0.29, 0.717) is 37.0 Å². The van der Waals surface area contributed by atoms with Crippen LogP contribution >= 0.6 is 0 Å². The third-order valence-electron chi connectivity index (χ3n) is 6.16. The van der Waals surface area contributed by atoms with Gasteiger partial charge in [0.25, 0.3) is 0 Å². The highest BCUT2D eigenvalue weighted by Crippen LogP contribution is 2.46. The molecule has 1 N–H and O–H groups in total. The molecule has 0 radical (unpaired) electrons. The number of likely N-dealkylation sites (tertiary alicyclic amines) is 1. The number of nitrogens with zero attached hydrogens (tertiary/aromatic N) is 2. The van der Waals surface area contributed by atoms with Crippen molar-refractivity contribution >= 4 is 16.9 Å². The summed E-state index contributed by atoms with van der Waals surface area (Å²) < 4.78 is 11.6. The van der Waals surface area contributed by atoms with Crippen LogP contribution in [-0.2, 0) is 16.8 Å². The zero-order valence-corrected chi connectivity index (χ0v) is 15.5. The van der Waals surface area contributed by atoms with E-state index in [1.54, 1.807) is 7.11 Å². The predicted octanol–water partition coefficient (Wildman–Crippen LogP) is 3.68. The van der Waals surface area contributed by atoms with Gasteiger partial charge in [-0.1, -0.05) is 6.07 Å². The van der Waals surface area contributed by atoms with Crippen LogP contribution in [0, 0.1) is 17.2 Å². The molecule has 2 heterocycles. The summed E-state index contributed by atoms with van der Waals surface area (Å²) in [6.45, 7) is 2.93. The van der Waals surface area contributed by atoms with E-state index in [2.05, 4.69) is 11.0 Å². The highest BCUT2D eigenvalue weighted by Gasteiger charge is 2.40. The van der Waals surface area contributed by atoms with Crippen LogP contribution in [0.2, 0.25) is 0 Å². The van der Waals surface area contributed by atoms with E-state index in [4.69, 9.17) is 9.15 Å². The molecule has 0 spiro atoms. The number of carboxylic acid groups (broad SMARTS) is 1. The Bertz CT molecular complexity index is 899. The SMILES string of the molecule is COc1ccc(C2(C#N)CCC(C(=O)O)CC2)c2cc(CN3CCC3)oc12. The number of hydrogen-bond donors (Lipinski definition) is 1. The molecule has 6 heteroatoms. The predicted molar refractivity (Wildman–Crippen MR) is 99.5 cm³/mol. The second-order valence-electron chi connectivity index (χ2n) is 7.71. The van der Waals surface area contributed by atoms with Gasteiger partial charge in [0, 0.05) is 5.39 Å². The standard InChI is InChI=1S/C21H24N2O4/c1-26-18-4-3-17(21(13-22)7-5-14(6-8-21)20(24)25)16-11-15(27-19(16)18)12-23-9-2-10-23/h3-4,11,14H,2,5-10,12H2,1H3,(H,24,25). The number of furan rings is 1. The van der Waals surface area contributed by atoms with Crippen molar-refractivity contribution in [3.05, 3.63) is 29.5 Å². The monoisotopic (exact) mass is 368 g/mol. The van der Waals surface area contributed by atoms with Gasteiger partial charge in [-0.05, 0) is 62.9 Å². The number of carboxylic acids is 1. The van der Waals surface area contributed by atoms with Gasteiger partial charge in [-0.15, -0.1) is 0 Å². The van der Waals surface area contributed by atoms with Crippen molar-refractivity contribution < 1.29 is 19.1 Å². The average Bonchev–Trinajstić information content (AvgIpc) is 3.07. The molecular weight excluding hydrogens is 344 g/mol. The number of hydrogen-bond acceptors (Lipinski definition) is 5. The molecule has 27 heavy (non-hydrogen) atoms. The molecule has 6 nitrogen and oxygen atoms in total. The van der Waals surface area contributed by atoms with Crippen LogP contribution in [0.1, 0.15) is 43.4 Å². The lowest BCUT2D eigenvalue weighted by atomic mass is 9.67. The van der Waals surface area contributed by atoms with E-state index < -0.39 is 11.4 Å². The number of ether oxygens (including phenoxy) is 1. The van der Waals surface area contributed by atoms with Gasteiger partial charge < -0.3 is 14.3 Å². The minimum Gasteiger partial charge on any atom is -0.493 e. The topological polar surface area (TPSA) is 86.7 Å². The maximum atomic E-state index is 11.3. The molecule has 0 unspecified atom stereocenters. The lowest BCUT2D eigenvalue weighted by Gasteiger charge is -2.34. The summed E-state index contributed by atoms with van der Waals surface area (Å²) in [6, 6.07) is 8.36. The van der Waals surface area contributed by atoms with Gasteiger partial charge >= 0.3 is 5.97 Å². The van der Waals surface area contributed by atoms with Crippen LogP contribution in [0.4, 0.5) is 0 Å². The van der Waals surface area contributed by atoms with Gasteiger partial charge in [0.15, 0.2) is 11.3 Å². The van der Waals surface area contributed by atoms with Crippen molar-refractivity contribution in [2.75, 3.05) is 20.2 Å². The van der Waals surface area contributed by atoms with E-state index in [0.717, 1.165) is 36.3 Å². The largest absolute Gasteiger partial charge is 0.493 e. The zero-order chi connectivity index (χ0) is 19.0. The number of rotatable bonds is 5. The third-order valence-corrected chi connectivity index (χ3v) is 6.16. The Labute approximate surface area is 158 Å². The molecule has 1 saturated carbocycles. The first kappa shape index (κ1) is 17.9. The van der Waals surface area contributed by atoms with Crippen molar-refractivity contribution in [2.45, 2.75) is 44.1 Å². The number of methoxy groups -OCH3 is 1. The summed E-state index contributed by atoms with van der Waals surface area (Å²) in [5, 5.41) is 20.2. The number of benzene rings is 1. The maximum absolute atomic E-state index is 11.3. The number of aliphatic carboxylic acids is 1. The minimum absolute atomic E-state index is 0.355. The molecule has 2 aliphatic rings. The number of carbonyl (C=O) groups is 1. The second kappa shape index (κ2) is 6.90. The Balaban J connectivity index is 1.74. The molecule has 0 atom stereocenters. The summed E-state index contributed by atoms with van der Waals surface area (Å²) in [5.41, 5.74) is 0.942. The fraction of sp³-hybridized carbons (Fsp3) is 0.524. The van der Waals surface area contributed by atoms with Crippen LogP contribution in [-0.4, -0.2) is 36.2 Å². The van der Waals surface area contributed by atoms with Crippen molar-refractivity contribution in [3.8, 4) is 11.8 Å². The molecule has 4 rings (SSSR count). The Morgan fingerprint density at radius 2 is 2.15 bits per heavy atom. The Morgan fingerprint density at radius 3 is 2.70 bits per heavy atom. The first-order valence-corrected chi connectivity index (χ1v) is 9.52. The summed E-state index contributed by atoms with van der Waals surface area (Å²) in [4.78, 5) is 13.6. The summed E-state index contributed by atoms with van der Waals surface area (Å²) in [6.07, 6.45) is 3.37. The Morgan fingerprint density at radius 1 is 1.41 bits per heavy atom. The first-order valence-electron chi connectivity index (χ1n) is 9.52. The van der Waals surface area contributed by atoms with Gasteiger partial charge in [-0.2, -0.15) is 5.26 Å². The highest BCUT2D eigenvalue weighted by atomic mass is 16.5. The molecule has 1 saturated heterocycles. The maximum Gasteiger partial charge on any atom is 0.306 e. The van der Waals surface area contributed by atoms with Gasteiger partial charge in [0.05, 0.1) is 31.1 Å². The van der Waals surface area contributed by atoms with Crippen LogP contribution in [0.3, 0.4) is 0 Å². The van der Waals surface area contributed by atoms with Gasteiger partial charge in [0.2, 0.25) is 0 Å². The quantitative estimate of drug-likeness (QED) is 0.866. The van der Waals surface area contributed by atoms with Crippen LogP contribution in [0.25, 0.3) is 11.0 Å². The normalized spacial score (nSPS) is 25.7. The van der Waals surface area contributed by atoms with Gasteiger partial charge in [0.1, 0.15) is 5.76 Å². The molecule has 0 bridgehead atoms. The molecule has 1 aromatic heterocycles. The average molecular weight is 368 g/mol.